The van der Waals surface area contributed by atoms with Gasteiger partial charge in [0.2, 0.25) is 5.90 Å². The highest BCUT2D eigenvalue weighted by molar-refractivity contribution is 6.35. The summed E-state index contributed by atoms with van der Waals surface area (Å²) in [4.78, 5) is 32.2. The summed E-state index contributed by atoms with van der Waals surface area (Å²) in [6.45, 7) is 6.12. The number of carbonyl (C=O) groups excluding carboxylic acids is 2. The lowest BCUT2D eigenvalue weighted by atomic mass is 9.83. The second-order valence-electron chi connectivity index (χ2n) is 12.0. The lowest BCUT2D eigenvalue weighted by Gasteiger charge is -2.31. The van der Waals surface area contributed by atoms with E-state index in [2.05, 4.69) is 10.9 Å². The lowest BCUT2D eigenvalue weighted by Crippen LogP contribution is -2.53. The molecule has 3 aromatic carbocycles. The van der Waals surface area contributed by atoms with E-state index in [1.807, 2.05) is 12.1 Å². The fourth-order valence-electron chi connectivity index (χ4n) is 5.03. The topological polar surface area (TPSA) is 128 Å². The van der Waals surface area contributed by atoms with Crippen molar-refractivity contribution in [1.29, 1.82) is 0 Å². The third kappa shape index (κ3) is 9.84. The predicted molar refractivity (Wildman–Crippen MR) is 181 cm³/mol. The number of rotatable bonds is 15. The second kappa shape index (κ2) is 16.3. The van der Waals surface area contributed by atoms with E-state index in [1.165, 1.54) is 0 Å². The van der Waals surface area contributed by atoms with Gasteiger partial charge in [-0.05, 0) is 93.3 Å². The molecule has 0 spiro atoms. The molecule has 10 nitrogen and oxygen atoms in total. The Hall–Kier alpha value is -3.83. The van der Waals surface area contributed by atoms with Crippen LogP contribution < -0.4 is 20.3 Å². The summed E-state index contributed by atoms with van der Waals surface area (Å²) in [6.07, 6.45) is 0.00635. The molecule has 1 heterocycles. The van der Waals surface area contributed by atoms with Crippen LogP contribution in [0.2, 0.25) is 10.0 Å². The van der Waals surface area contributed by atoms with E-state index in [-0.39, 0.29) is 25.3 Å². The maximum Gasteiger partial charge on any atom is 0.306 e. The Morgan fingerprint density at radius 1 is 1.04 bits per heavy atom. The number of aliphatic imine (C=N–C) groups is 1. The highest BCUT2D eigenvalue weighted by Gasteiger charge is 2.53. The average Bonchev–Trinajstić information content (AvgIpc) is 3.43. The summed E-state index contributed by atoms with van der Waals surface area (Å²) < 4.78 is 23.2. The van der Waals surface area contributed by atoms with Gasteiger partial charge in [0.05, 0.1) is 13.7 Å². The first-order valence-corrected chi connectivity index (χ1v) is 16.1. The molecule has 0 saturated carbocycles. The highest BCUT2D eigenvalue weighted by atomic mass is 35.5. The summed E-state index contributed by atoms with van der Waals surface area (Å²) in [6, 6.07) is 19.6. The van der Waals surface area contributed by atoms with Crippen molar-refractivity contribution in [2.75, 3.05) is 26.9 Å². The van der Waals surface area contributed by atoms with Crippen LogP contribution in [0.1, 0.15) is 62.8 Å². The highest BCUT2D eigenvalue weighted by Crippen LogP contribution is 2.44. The normalized spacial score (nSPS) is 17.4. The van der Waals surface area contributed by atoms with Crippen molar-refractivity contribution in [3.8, 4) is 11.5 Å². The summed E-state index contributed by atoms with van der Waals surface area (Å²) in [5, 5.41) is 10.1. The number of benzene rings is 3. The van der Waals surface area contributed by atoms with E-state index in [0.717, 1.165) is 5.56 Å². The van der Waals surface area contributed by atoms with Crippen LogP contribution in [0.5, 0.6) is 11.5 Å². The van der Waals surface area contributed by atoms with Crippen LogP contribution in [0.25, 0.3) is 0 Å². The number of amides is 1. The van der Waals surface area contributed by atoms with Crippen molar-refractivity contribution in [1.82, 2.24) is 10.9 Å². The molecular weight excluding hydrogens is 645 g/mol. The average molecular weight is 687 g/mol. The van der Waals surface area contributed by atoms with E-state index in [4.69, 9.17) is 52.2 Å². The largest absolute Gasteiger partial charge is 0.497 e. The standard InChI is InChI=1S/C35H41Cl2N3O7/c1-34(2,3)47-30(42)15-17-35(33(43)40-38-18-16-23-9-12-26(36)22-29(23)37)31(25-7-5-8-28(21-25)44-4)46-32(39-35)24-10-13-27(14-11-24)45-20-6-19-41/h5,7-14,21-22,31,38,41H,6,15-20H2,1-4H3,(H,40,43)/t31-,35-/m0/s1. The Morgan fingerprint density at radius 3 is 2.49 bits per heavy atom. The van der Waals surface area contributed by atoms with Crippen LogP contribution in [0, 0.1) is 0 Å². The zero-order chi connectivity index (χ0) is 34.0. The molecule has 0 aliphatic carbocycles. The Kier molecular flexibility index (Phi) is 12.5. The van der Waals surface area contributed by atoms with Gasteiger partial charge >= 0.3 is 5.97 Å². The molecule has 3 aromatic rings. The van der Waals surface area contributed by atoms with Gasteiger partial charge in [-0.2, -0.15) is 0 Å². The number of hydrazine groups is 1. The molecule has 47 heavy (non-hydrogen) atoms. The number of esters is 1. The van der Waals surface area contributed by atoms with E-state index in [9.17, 15) is 9.59 Å². The molecule has 1 amide bonds. The van der Waals surface area contributed by atoms with Gasteiger partial charge in [-0.3, -0.25) is 15.0 Å². The Balaban J connectivity index is 1.66. The summed E-state index contributed by atoms with van der Waals surface area (Å²) >= 11 is 12.4. The smallest absolute Gasteiger partial charge is 0.306 e. The molecular formula is C35H41Cl2N3O7. The molecule has 12 heteroatoms. The molecule has 4 rings (SSSR count). The van der Waals surface area contributed by atoms with Crippen molar-refractivity contribution in [3.05, 3.63) is 93.5 Å². The number of methoxy groups -OCH3 is 1. The minimum atomic E-state index is -1.57. The third-order valence-corrected chi connectivity index (χ3v) is 7.88. The number of aliphatic hydroxyl groups excluding tert-OH is 1. The number of hydrogen-bond acceptors (Lipinski definition) is 9. The van der Waals surface area contributed by atoms with E-state index < -0.39 is 29.1 Å². The van der Waals surface area contributed by atoms with Gasteiger partial charge in [-0.15, -0.1) is 0 Å². The first-order chi connectivity index (χ1) is 22.4. The zero-order valence-electron chi connectivity index (χ0n) is 27.0. The number of halogens is 2. The molecule has 252 valence electrons. The predicted octanol–water partition coefficient (Wildman–Crippen LogP) is 6.01. The van der Waals surface area contributed by atoms with Crippen molar-refractivity contribution in [2.24, 2.45) is 4.99 Å². The van der Waals surface area contributed by atoms with Gasteiger partial charge in [-0.25, -0.2) is 10.4 Å². The molecule has 0 fully saturated rings. The number of carbonyl (C=O) groups is 2. The quantitative estimate of drug-likeness (QED) is 0.101. The first-order valence-electron chi connectivity index (χ1n) is 15.4. The molecule has 0 bridgehead atoms. The summed E-state index contributed by atoms with van der Waals surface area (Å²) in [5.41, 5.74) is 5.64. The second-order valence-corrected chi connectivity index (χ2v) is 12.9. The Bertz CT molecular complexity index is 1560. The van der Waals surface area contributed by atoms with Crippen molar-refractivity contribution < 1.29 is 33.6 Å². The van der Waals surface area contributed by atoms with E-state index in [0.29, 0.717) is 58.7 Å². The molecule has 0 unspecified atom stereocenters. The van der Waals surface area contributed by atoms with Gasteiger partial charge < -0.3 is 24.1 Å². The van der Waals surface area contributed by atoms with E-state index in [1.54, 1.807) is 82.5 Å². The number of aliphatic hydroxyl groups is 1. The van der Waals surface area contributed by atoms with Crippen molar-refractivity contribution in [2.45, 2.75) is 63.7 Å². The van der Waals surface area contributed by atoms with Gasteiger partial charge in [0, 0.05) is 41.6 Å². The Labute approximate surface area is 285 Å². The monoisotopic (exact) mass is 685 g/mol. The molecule has 2 atom stereocenters. The van der Waals surface area contributed by atoms with Crippen molar-refractivity contribution in [3.63, 3.8) is 0 Å². The van der Waals surface area contributed by atoms with Gasteiger partial charge in [0.1, 0.15) is 17.1 Å². The van der Waals surface area contributed by atoms with Crippen LogP contribution >= 0.6 is 23.2 Å². The zero-order valence-corrected chi connectivity index (χ0v) is 28.5. The molecule has 3 N–H and O–H groups in total. The van der Waals surface area contributed by atoms with Crippen LogP contribution in [0.15, 0.2) is 71.7 Å². The molecule has 0 aromatic heterocycles. The third-order valence-electron chi connectivity index (χ3n) is 7.29. The lowest BCUT2D eigenvalue weighted by molar-refractivity contribution is -0.155. The number of ether oxygens (including phenoxy) is 4. The summed E-state index contributed by atoms with van der Waals surface area (Å²) in [5.74, 6) is 0.460. The minimum absolute atomic E-state index is 0.00777. The van der Waals surface area contributed by atoms with Crippen LogP contribution in [0.4, 0.5) is 0 Å². The maximum absolute atomic E-state index is 14.3. The number of hydrogen-bond donors (Lipinski definition) is 3. The fraction of sp³-hybridized carbons (Fsp3) is 0.400. The summed E-state index contributed by atoms with van der Waals surface area (Å²) in [7, 11) is 1.56. The van der Waals surface area contributed by atoms with Gasteiger partial charge in [-0.1, -0.05) is 41.4 Å². The number of nitrogens with zero attached hydrogens (tertiary/aromatic N) is 1. The Morgan fingerprint density at radius 2 is 1.81 bits per heavy atom. The van der Waals surface area contributed by atoms with Crippen LogP contribution in [-0.4, -0.2) is 60.9 Å². The SMILES string of the molecule is COc1cccc([C@@H]2OC(c3ccc(OCCCO)cc3)=N[C@]2(CCC(=O)OC(C)(C)C)C(=O)NNCCc2ccc(Cl)cc2Cl)c1. The van der Waals surface area contributed by atoms with Gasteiger partial charge in [0.15, 0.2) is 11.6 Å². The van der Waals surface area contributed by atoms with Crippen LogP contribution in [0.3, 0.4) is 0 Å². The minimum Gasteiger partial charge on any atom is -0.497 e. The van der Waals surface area contributed by atoms with Gasteiger partial charge in [0.25, 0.3) is 5.91 Å². The molecule has 1 aliphatic rings. The van der Waals surface area contributed by atoms with Crippen LogP contribution in [-0.2, 0) is 25.5 Å². The first kappa shape index (κ1) is 36.0. The van der Waals surface area contributed by atoms with E-state index >= 15 is 0 Å². The fourth-order valence-corrected chi connectivity index (χ4v) is 5.54. The molecule has 0 saturated heterocycles. The maximum atomic E-state index is 14.3. The van der Waals surface area contributed by atoms with Crippen molar-refractivity contribution >= 4 is 41.0 Å². The number of nitrogens with one attached hydrogen (secondary N) is 2. The molecule has 0 radical (unpaired) electrons. The molecule has 1 aliphatic heterocycles.